The Morgan fingerprint density at radius 2 is 2.18 bits per heavy atom. The summed E-state index contributed by atoms with van der Waals surface area (Å²) in [6.45, 7) is 8.36. The van der Waals surface area contributed by atoms with Crippen molar-refractivity contribution in [1.29, 1.82) is 0 Å². The van der Waals surface area contributed by atoms with Crippen LogP contribution in [0.2, 0.25) is 0 Å². The predicted molar refractivity (Wildman–Crippen MR) is 69.3 cm³/mol. The molecule has 0 N–H and O–H groups in total. The number of ketones is 1. The number of carbonyl (C=O) groups is 1. The first-order valence-electron chi connectivity index (χ1n) is 6.43. The molecule has 0 saturated heterocycles. The fraction of sp³-hybridized carbons (Fsp3) is 0.643. The molecule has 0 bridgehead atoms. The van der Waals surface area contributed by atoms with Gasteiger partial charge in [-0.1, -0.05) is 27.2 Å². The van der Waals surface area contributed by atoms with Crippen molar-refractivity contribution in [3.63, 3.8) is 0 Å². The van der Waals surface area contributed by atoms with Crippen LogP contribution in [0, 0.1) is 5.92 Å². The van der Waals surface area contributed by atoms with Gasteiger partial charge in [-0.25, -0.2) is 0 Å². The Morgan fingerprint density at radius 1 is 1.41 bits per heavy atom. The number of rotatable bonds is 8. The van der Waals surface area contributed by atoms with Crippen LogP contribution < -0.4 is 0 Å². The van der Waals surface area contributed by atoms with Crippen LogP contribution in [0.4, 0.5) is 0 Å². The number of Topliss-reactive ketones (excluding diaryl/α,β-unsaturated/α-hetero) is 1. The molecule has 0 spiro atoms. The normalized spacial score (nSPS) is 11.1. The first-order chi connectivity index (χ1) is 8.15. The van der Waals surface area contributed by atoms with Crippen LogP contribution in [0.5, 0.6) is 0 Å². The number of hydrogen-bond donors (Lipinski definition) is 0. The van der Waals surface area contributed by atoms with Gasteiger partial charge in [0.1, 0.15) is 0 Å². The number of aromatic nitrogens is 1. The average Bonchev–Trinajstić information content (AvgIpc) is 2.76. The lowest BCUT2D eigenvalue weighted by Crippen LogP contribution is -2.07. The first-order valence-corrected chi connectivity index (χ1v) is 6.43. The van der Waals surface area contributed by atoms with E-state index in [1.807, 2.05) is 36.9 Å². The van der Waals surface area contributed by atoms with Gasteiger partial charge in [0.2, 0.25) is 0 Å². The third-order valence-corrected chi connectivity index (χ3v) is 2.70. The quantitative estimate of drug-likeness (QED) is 0.514. The van der Waals surface area contributed by atoms with Crippen molar-refractivity contribution >= 4 is 5.78 Å². The molecular formula is C14H23NO2. The molecule has 0 radical (unpaired) electrons. The smallest absolute Gasteiger partial charge is 0.166 e. The lowest BCUT2D eigenvalue weighted by Gasteiger charge is -2.04. The Bertz CT molecular complexity index is 342. The maximum Gasteiger partial charge on any atom is 0.166 e. The minimum absolute atomic E-state index is 0.0617. The molecule has 3 heteroatoms. The summed E-state index contributed by atoms with van der Waals surface area (Å²) in [5.74, 6) is 0.266. The van der Waals surface area contributed by atoms with E-state index in [9.17, 15) is 4.79 Å². The minimum atomic E-state index is 0.0617. The van der Waals surface area contributed by atoms with E-state index in [4.69, 9.17) is 4.74 Å². The first kappa shape index (κ1) is 14.0. The summed E-state index contributed by atoms with van der Waals surface area (Å²) < 4.78 is 7.50. The summed E-state index contributed by atoms with van der Waals surface area (Å²) in [7, 11) is 0. The molecule has 1 aromatic rings. The third-order valence-electron chi connectivity index (χ3n) is 2.70. The zero-order chi connectivity index (χ0) is 12.7. The highest BCUT2D eigenvalue weighted by atomic mass is 16.5. The summed E-state index contributed by atoms with van der Waals surface area (Å²) >= 11 is 0. The maximum absolute atomic E-state index is 11.7. The van der Waals surface area contributed by atoms with E-state index in [0.717, 1.165) is 31.6 Å². The van der Waals surface area contributed by atoms with Gasteiger partial charge in [0.05, 0.1) is 6.61 Å². The number of ether oxygens (including phenoxy) is 1. The van der Waals surface area contributed by atoms with Crippen molar-refractivity contribution < 1.29 is 9.53 Å². The lowest BCUT2D eigenvalue weighted by molar-refractivity contribution is 0.0939. The molecule has 0 fully saturated rings. The number of hydrogen-bond acceptors (Lipinski definition) is 2. The third kappa shape index (κ3) is 4.73. The Morgan fingerprint density at radius 3 is 2.82 bits per heavy atom. The summed E-state index contributed by atoms with van der Waals surface area (Å²) in [6, 6.07) is 1.88. The molecule has 0 aromatic carbocycles. The molecule has 1 aromatic heterocycles. The molecule has 96 valence electrons. The Balaban J connectivity index is 2.33. The molecule has 0 saturated carbocycles. The monoisotopic (exact) mass is 237 g/mol. The van der Waals surface area contributed by atoms with Crippen molar-refractivity contribution in [2.45, 2.75) is 40.2 Å². The Kier molecular flexibility index (Phi) is 5.98. The molecule has 1 rings (SSSR count). The lowest BCUT2D eigenvalue weighted by atomic mass is 10.0. The fourth-order valence-corrected chi connectivity index (χ4v) is 1.58. The summed E-state index contributed by atoms with van der Waals surface area (Å²) in [6.07, 6.45) is 6.13. The van der Waals surface area contributed by atoms with E-state index < -0.39 is 0 Å². The van der Waals surface area contributed by atoms with Gasteiger partial charge in [0.25, 0.3) is 0 Å². The molecule has 0 aliphatic rings. The highest BCUT2D eigenvalue weighted by molar-refractivity contribution is 5.97. The Hall–Kier alpha value is -1.09. The van der Waals surface area contributed by atoms with E-state index in [-0.39, 0.29) is 11.7 Å². The highest BCUT2D eigenvalue weighted by Gasteiger charge is 2.11. The van der Waals surface area contributed by atoms with E-state index in [0.29, 0.717) is 6.61 Å². The van der Waals surface area contributed by atoms with Gasteiger partial charge in [0.15, 0.2) is 5.78 Å². The van der Waals surface area contributed by atoms with Crippen molar-refractivity contribution in [3.05, 3.63) is 24.0 Å². The van der Waals surface area contributed by atoms with Crippen LogP contribution in [0.1, 0.15) is 44.0 Å². The van der Waals surface area contributed by atoms with E-state index in [1.54, 1.807) is 0 Å². The molecule has 0 atom stereocenters. The average molecular weight is 237 g/mol. The SMILES string of the molecule is CCCCOCCn1ccc(C(=O)C(C)C)c1. The van der Waals surface area contributed by atoms with Gasteiger partial charge in [-0.3, -0.25) is 4.79 Å². The molecule has 0 aliphatic heterocycles. The number of nitrogens with zero attached hydrogens (tertiary/aromatic N) is 1. The van der Waals surface area contributed by atoms with Gasteiger partial charge in [-0.05, 0) is 12.5 Å². The van der Waals surface area contributed by atoms with Crippen molar-refractivity contribution in [1.82, 2.24) is 4.57 Å². The Labute approximate surface area is 104 Å². The second-order valence-electron chi connectivity index (χ2n) is 4.62. The van der Waals surface area contributed by atoms with Crippen molar-refractivity contribution in [2.75, 3.05) is 13.2 Å². The van der Waals surface area contributed by atoms with Crippen molar-refractivity contribution in [2.24, 2.45) is 5.92 Å². The summed E-state index contributed by atoms with van der Waals surface area (Å²) in [5.41, 5.74) is 0.800. The zero-order valence-electron chi connectivity index (χ0n) is 11.1. The molecule has 0 aliphatic carbocycles. The van der Waals surface area contributed by atoms with Gasteiger partial charge >= 0.3 is 0 Å². The second-order valence-corrected chi connectivity index (χ2v) is 4.62. The van der Waals surface area contributed by atoms with Gasteiger partial charge in [0, 0.05) is 37.0 Å². The second kappa shape index (κ2) is 7.28. The van der Waals surface area contributed by atoms with E-state index in [2.05, 4.69) is 6.92 Å². The van der Waals surface area contributed by atoms with E-state index >= 15 is 0 Å². The van der Waals surface area contributed by atoms with Crippen LogP contribution in [-0.4, -0.2) is 23.6 Å². The minimum Gasteiger partial charge on any atom is -0.380 e. The number of carbonyl (C=O) groups excluding carboxylic acids is 1. The van der Waals surface area contributed by atoms with Gasteiger partial charge in [-0.2, -0.15) is 0 Å². The zero-order valence-corrected chi connectivity index (χ0v) is 11.1. The van der Waals surface area contributed by atoms with Crippen LogP contribution in [0.3, 0.4) is 0 Å². The van der Waals surface area contributed by atoms with Crippen LogP contribution in [0.15, 0.2) is 18.5 Å². The predicted octanol–water partition coefficient (Wildman–Crippen LogP) is 3.14. The van der Waals surface area contributed by atoms with Crippen LogP contribution in [-0.2, 0) is 11.3 Å². The summed E-state index contributed by atoms with van der Waals surface area (Å²) in [5, 5.41) is 0. The molecular weight excluding hydrogens is 214 g/mol. The van der Waals surface area contributed by atoms with Gasteiger partial charge in [-0.15, -0.1) is 0 Å². The van der Waals surface area contributed by atoms with Crippen molar-refractivity contribution in [3.8, 4) is 0 Å². The molecule has 3 nitrogen and oxygen atoms in total. The molecule has 0 unspecified atom stereocenters. The maximum atomic E-state index is 11.7. The molecule has 17 heavy (non-hydrogen) atoms. The topological polar surface area (TPSA) is 31.2 Å². The standard InChI is InChI=1S/C14H23NO2/c1-4-5-9-17-10-8-15-7-6-13(11-15)14(16)12(2)3/h6-7,11-12H,4-5,8-10H2,1-3H3. The van der Waals surface area contributed by atoms with Crippen LogP contribution in [0.25, 0.3) is 0 Å². The number of unbranched alkanes of at least 4 members (excludes halogenated alkanes) is 1. The largest absolute Gasteiger partial charge is 0.380 e. The fourth-order valence-electron chi connectivity index (χ4n) is 1.58. The van der Waals surface area contributed by atoms with Gasteiger partial charge < -0.3 is 9.30 Å². The summed E-state index contributed by atoms with van der Waals surface area (Å²) in [4.78, 5) is 11.7. The van der Waals surface area contributed by atoms with Crippen LogP contribution >= 0.6 is 0 Å². The molecule has 0 amide bonds. The highest BCUT2D eigenvalue weighted by Crippen LogP contribution is 2.08. The molecule has 1 heterocycles. The van der Waals surface area contributed by atoms with E-state index in [1.165, 1.54) is 0 Å².